The molecular formula is C17H16FN3O2S. The highest BCUT2D eigenvalue weighted by atomic mass is 32.1. The molecule has 0 bridgehead atoms. The van der Waals surface area contributed by atoms with Gasteiger partial charge in [-0.05, 0) is 38.0 Å². The lowest BCUT2D eigenvalue weighted by molar-refractivity contribution is 0.0954. The van der Waals surface area contributed by atoms with Crippen LogP contribution in [-0.2, 0) is 6.42 Å². The van der Waals surface area contributed by atoms with Crippen LogP contribution in [0.25, 0.3) is 10.9 Å². The fraction of sp³-hybridized carbons (Fsp3) is 0.235. The summed E-state index contributed by atoms with van der Waals surface area (Å²) in [5.74, 6) is -0.831. The standard InChI is InChI=1S/C17H16FN3O2S/c1-10-15(24-9-20-10)3-2-6-19-17(23)13-8-16(22)21-14-5-4-11(18)7-12(13)14/h4-5,7-9H,2-3,6H2,1H3,(H,19,23)(H,21,22). The van der Waals surface area contributed by atoms with E-state index in [0.29, 0.717) is 17.4 Å². The first-order valence-corrected chi connectivity index (χ1v) is 8.42. The van der Waals surface area contributed by atoms with Crippen LogP contribution in [-0.4, -0.2) is 22.4 Å². The molecule has 3 aromatic rings. The summed E-state index contributed by atoms with van der Waals surface area (Å²) in [6, 6.07) is 5.15. The lowest BCUT2D eigenvalue weighted by atomic mass is 10.1. The molecule has 124 valence electrons. The third-order valence-electron chi connectivity index (χ3n) is 3.76. The number of rotatable bonds is 5. The lowest BCUT2D eigenvalue weighted by Gasteiger charge is -2.08. The number of nitrogens with one attached hydrogen (secondary N) is 2. The van der Waals surface area contributed by atoms with Crippen LogP contribution < -0.4 is 10.9 Å². The van der Waals surface area contributed by atoms with E-state index in [9.17, 15) is 14.0 Å². The summed E-state index contributed by atoms with van der Waals surface area (Å²) in [5.41, 5.74) is 3.05. The zero-order valence-corrected chi connectivity index (χ0v) is 13.9. The Morgan fingerprint density at radius 2 is 2.21 bits per heavy atom. The molecule has 24 heavy (non-hydrogen) atoms. The Hall–Kier alpha value is -2.54. The van der Waals surface area contributed by atoms with Crippen LogP contribution in [0.15, 0.2) is 34.6 Å². The topological polar surface area (TPSA) is 74.8 Å². The molecule has 3 rings (SSSR count). The lowest BCUT2D eigenvalue weighted by Crippen LogP contribution is -2.26. The molecule has 0 aliphatic carbocycles. The average molecular weight is 345 g/mol. The number of aromatic nitrogens is 2. The number of carbonyl (C=O) groups excluding carboxylic acids is 1. The quantitative estimate of drug-likeness (QED) is 0.698. The molecule has 0 spiro atoms. The van der Waals surface area contributed by atoms with Crippen LogP contribution in [0, 0.1) is 12.7 Å². The Kier molecular flexibility index (Phi) is 4.71. The number of carbonyl (C=O) groups is 1. The Labute approximate surface area is 141 Å². The number of thiazole rings is 1. The van der Waals surface area contributed by atoms with Crippen LogP contribution in [0.3, 0.4) is 0 Å². The minimum absolute atomic E-state index is 0.183. The van der Waals surface area contributed by atoms with Crippen molar-refractivity contribution in [1.82, 2.24) is 15.3 Å². The molecule has 1 aromatic carbocycles. The molecule has 2 N–H and O–H groups in total. The molecule has 2 aromatic heterocycles. The van der Waals surface area contributed by atoms with E-state index in [1.54, 1.807) is 16.8 Å². The minimum atomic E-state index is -0.454. The highest BCUT2D eigenvalue weighted by molar-refractivity contribution is 7.09. The number of aromatic amines is 1. The molecule has 0 aliphatic heterocycles. The van der Waals surface area contributed by atoms with Crippen molar-refractivity contribution in [3.63, 3.8) is 0 Å². The Morgan fingerprint density at radius 1 is 1.38 bits per heavy atom. The van der Waals surface area contributed by atoms with Gasteiger partial charge in [0.1, 0.15) is 5.82 Å². The van der Waals surface area contributed by atoms with Gasteiger partial charge in [0.25, 0.3) is 5.91 Å². The molecule has 0 aliphatic rings. The maximum absolute atomic E-state index is 13.5. The third kappa shape index (κ3) is 3.51. The molecular weight excluding hydrogens is 329 g/mol. The summed E-state index contributed by atoms with van der Waals surface area (Å²) in [7, 11) is 0. The zero-order chi connectivity index (χ0) is 17.1. The number of H-pyrrole nitrogens is 1. The van der Waals surface area contributed by atoms with Gasteiger partial charge in [-0.25, -0.2) is 9.37 Å². The predicted octanol–water partition coefficient (Wildman–Crippen LogP) is 2.79. The molecule has 0 fully saturated rings. The van der Waals surface area contributed by atoms with E-state index in [4.69, 9.17) is 0 Å². The number of hydrogen-bond donors (Lipinski definition) is 2. The summed E-state index contributed by atoms with van der Waals surface area (Å²) < 4.78 is 13.5. The van der Waals surface area contributed by atoms with E-state index in [-0.39, 0.29) is 17.0 Å². The normalized spacial score (nSPS) is 10.9. The second-order valence-electron chi connectivity index (χ2n) is 5.46. The Bertz CT molecular complexity index is 948. The summed E-state index contributed by atoms with van der Waals surface area (Å²) in [6.07, 6.45) is 1.60. The average Bonchev–Trinajstić information content (AvgIpc) is 2.96. The molecule has 0 saturated carbocycles. The third-order valence-corrected chi connectivity index (χ3v) is 4.76. The number of fused-ring (bicyclic) bond motifs is 1. The number of benzene rings is 1. The first-order valence-electron chi connectivity index (χ1n) is 7.54. The van der Waals surface area contributed by atoms with Gasteiger partial charge in [-0.2, -0.15) is 0 Å². The van der Waals surface area contributed by atoms with Crippen LogP contribution >= 0.6 is 11.3 Å². The van der Waals surface area contributed by atoms with E-state index in [2.05, 4.69) is 15.3 Å². The monoisotopic (exact) mass is 345 g/mol. The number of pyridine rings is 1. The van der Waals surface area contributed by atoms with Crippen molar-refractivity contribution in [2.45, 2.75) is 19.8 Å². The van der Waals surface area contributed by atoms with E-state index < -0.39 is 5.82 Å². The predicted molar refractivity (Wildman–Crippen MR) is 92.0 cm³/mol. The summed E-state index contributed by atoms with van der Waals surface area (Å²) in [5, 5.41) is 3.18. The first-order chi connectivity index (χ1) is 11.5. The molecule has 1 amide bonds. The Balaban J connectivity index is 1.71. The number of halogens is 1. The molecule has 0 saturated heterocycles. The fourth-order valence-corrected chi connectivity index (χ4v) is 3.35. The van der Waals surface area contributed by atoms with Crippen molar-refractivity contribution in [1.29, 1.82) is 0 Å². The highest BCUT2D eigenvalue weighted by Crippen LogP contribution is 2.17. The second kappa shape index (κ2) is 6.92. The van der Waals surface area contributed by atoms with Gasteiger partial charge in [0.05, 0.1) is 16.8 Å². The van der Waals surface area contributed by atoms with Crippen molar-refractivity contribution < 1.29 is 9.18 Å². The van der Waals surface area contributed by atoms with E-state index in [0.717, 1.165) is 18.5 Å². The number of nitrogens with zero attached hydrogens (tertiary/aromatic N) is 1. The van der Waals surface area contributed by atoms with Gasteiger partial charge in [-0.3, -0.25) is 9.59 Å². The van der Waals surface area contributed by atoms with Crippen molar-refractivity contribution >= 4 is 28.1 Å². The maximum atomic E-state index is 13.5. The van der Waals surface area contributed by atoms with Crippen molar-refractivity contribution in [3.8, 4) is 0 Å². The molecule has 0 radical (unpaired) electrons. The zero-order valence-electron chi connectivity index (χ0n) is 13.1. The van der Waals surface area contributed by atoms with Crippen LogP contribution in [0.2, 0.25) is 0 Å². The van der Waals surface area contributed by atoms with Crippen molar-refractivity contribution in [2.24, 2.45) is 0 Å². The van der Waals surface area contributed by atoms with Gasteiger partial charge < -0.3 is 10.3 Å². The van der Waals surface area contributed by atoms with Gasteiger partial charge in [-0.15, -0.1) is 11.3 Å². The highest BCUT2D eigenvalue weighted by Gasteiger charge is 2.12. The van der Waals surface area contributed by atoms with Gasteiger partial charge in [0.2, 0.25) is 5.56 Å². The van der Waals surface area contributed by atoms with Crippen LogP contribution in [0.4, 0.5) is 4.39 Å². The van der Waals surface area contributed by atoms with Gasteiger partial charge >= 0.3 is 0 Å². The molecule has 5 nitrogen and oxygen atoms in total. The molecule has 7 heteroatoms. The van der Waals surface area contributed by atoms with E-state index in [1.807, 2.05) is 6.92 Å². The fourth-order valence-electron chi connectivity index (χ4n) is 2.53. The number of amides is 1. The van der Waals surface area contributed by atoms with Crippen molar-refractivity contribution in [3.05, 3.63) is 62.1 Å². The second-order valence-corrected chi connectivity index (χ2v) is 6.40. The summed E-state index contributed by atoms with van der Waals surface area (Å²) >= 11 is 1.60. The summed E-state index contributed by atoms with van der Waals surface area (Å²) in [6.45, 7) is 2.43. The first kappa shape index (κ1) is 16.3. The largest absolute Gasteiger partial charge is 0.352 e. The maximum Gasteiger partial charge on any atom is 0.252 e. The molecule has 2 heterocycles. The Morgan fingerprint density at radius 3 is 2.96 bits per heavy atom. The van der Waals surface area contributed by atoms with Gasteiger partial charge in [0, 0.05) is 28.4 Å². The van der Waals surface area contributed by atoms with E-state index >= 15 is 0 Å². The summed E-state index contributed by atoms with van der Waals surface area (Å²) in [4.78, 5) is 32.0. The van der Waals surface area contributed by atoms with Gasteiger partial charge in [0.15, 0.2) is 0 Å². The number of aryl methyl sites for hydroxylation is 2. The van der Waals surface area contributed by atoms with Gasteiger partial charge in [-0.1, -0.05) is 0 Å². The number of hydrogen-bond acceptors (Lipinski definition) is 4. The van der Waals surface area contributed by atoms with Crippen LogP contribution in [0.1, 0.15) is 27.3 Å². The molecule has 0 atom stereocenters. The van der Waals surface area contributed by atoms with E-state index in [1.165, 1.54) is 29.1 Å². The smallest absolute Gasteiger partial charge is 0.252 e. The minimum Gasteiger partial charge on any atom is -0.352 e. The SMILES string of the molecule is Cc1ncsc1CCCNC(=O)c1cc(=O)[nH]c2ccc(F)cc12. The van der Waals surface area contributed by atoms with Crippen LogP contribution in [0.5, 0.6) is 0 Å². The van der Waals surface area contributed by atoms with Crippen molar-refractivity contribution in [2.75, 3.05) is 6.54 Å². The molecule has 0 unspecified atom stereocenters.